The van der Waals surface area contributed by atoms with Gasteiger partial charge in [-0.25, -0.2) is 14.6 Å². The number of hydrogen-bond acceptors (Lipinski definition) is 6. The van der Waals surface area contributed by atoms with Gasteiger partial charge in [-0.05, 0) is 27.7 Å². The Labute approximate surface area is 113 Å². The quantitative estimate of drug-likeness (QED) is 0.571. The van der Waals surface area contributed by atoms with E-state index < -0.39 is 29.2 Å². The lowest BCUT2D eigenvalue weighted by Gasteiger charge is -2.32. The molecule has 0 radical (unpaired) electrons. The van der Waals surface area contributed by atoms with Gasteiger partial charge in [0.1, 0.15) is 6.10 Å². The molecule has 0 saturated heterocycles. The zero-order chi connectivity index (χ0) is 14.8. The molecule has 0 aliphatic carbocycles. The van der Waals surface area contributed by atoms with Crippen molar-refractivity contribution >= 4 is 17.8 Å². The maximum Gasteiger partial charge on any atom is 0.355 e. The van der Waals surface area contributed by atoms with Crippen LogP contribution in [0.3, 0.4) is 0 Å². The second-order valence-electron chi connectivity index (χ2n) is 5.38. The van der Waals surface area contributed by atoms with E-state index in [1.54, 1.807) is 13.8 Å². The first-order valence-electron chi connectivity index (χ1n) is 6.24. The Balaban J connectivity index is 3.18. The van der Waals surface area contributed by atoms with E-state index in [2.05, 4.69) is 4.99 Å². The summed E-state index contributed by atoms with van der Waals surface area (Å²) in [5.74, 6) is -1.29. The topological polar surface area (TPSA) is 74.2 Å². The summed E-state index contributed by atoms with van der Waals surface area (Å²) in [4.78, 5) is 28.2. The molecule has 0 aromatic carbocycles. The number of hydrogen-bond donors (Lipinski definition) is 0. The Bertz CT molecular complexity index is 410. The lowest BCUT2D eigenvalue weighted by molar-refractivity contribution is -0.168. The van der Waals surface area contributed by atoms with Gasteiger partial charge in [0, 0.05) is 6.42 Å². The normalized spacial score (nSPS) is 24.7. The molecule has 0 spiro atoms. The molecule has 6 nitrogen and oxygen atoms in total. The average molecular weight is 271 g/mol. The third kappa shape index (κ3) is 2.94. The molecule has 0 saturated carbocycles. The molecule has 0 bridgehead atoms. The summed E-state index contributed by atoms with van der Waals surface area (Å²) in [7, 11) is 1.21. The number of ether oxygens (including phenoxy) is 3. The fourth-order valence-corrected chi connectivity index (χ4v) is 1.92. The number of carbonyl (C=O) groups excluding carboxylic acids is 2. The molecule has 0 amide bonds. The second-order valence-corrected chi connectivity index (χ2v) is 5.38. The highest BCUT2D eigenvalue weighted by molar-refractivity contribution is 6.14. The third-order valence-corrected chi connectivity index (χ3v) is 2.74. The Morgan fingerprint density at radius 1 is 1.47 bits per heavy atom. The Hall–Kier alpha value is -1.43. The van der Waals surface area contributed by atoms with Gasteiger partial charge in [-0.3, -0.25) is 0 Å². The maximum absolute atomic E-state index is 12.1. The summed E-state index contributed by atoms with van der Waals surface area (Å²) < 4.78 is 15.4. The monoisotopic (exact) mass is 271 g/mol. The lowest BCUT2D eigenvalue weighted by atomic mass is 9.94. The third-order valence-electron chi connectivity index (χ3n) is 2.74. The summed E-state index contributed by atoms with van der Waals surface area (Å²) in [6, 6.07) is 0. The molecule has 1 rings (SSSR count). The minimum atomic E-state index is -1.76. The van der Waals surface area contributed by atoms with E-state index in [4.69, 9.17) is 14.2 Å². The van der Waals surface area contributed by atoms with Crippen molar-refractivity contribution in [2.45, 2.75) is 58.3 Å². The zero-order valence-corrected chi connectivity index (χ0v) is 12.3. The van der Waals surface area contributed by atoms with Crippen LogP contribution in [0.2, 0.25) is 0 Å². The van der Waals surface area contributed by atoms with Crippen molar-refractivity contribution in [3.8, 4) is 0 Å². The summed E-state index contributed by atoms with van der Waals surface area (Å²) in [5, 5.41) is 0. The number of aliphatic imine (C=N–C) groups is 1. The highest BCUT2D eigenvalue weighted by atomic mass is 16.6. The first-order valence-corrected chi connectivity index (χ1v) is 6.24. The maximum atomic E-state index is 12.1. The predicted octanol–water partition coefficient (Wildman–Crippen LogP) is 1.47. The highest BCUT2D eigenvalue weighted by Crippen LogP contribution is 2.31. The molecule has 1 aliphatic rings. The van der Waals surface area contributed by atoms with Crippen LogP contribution in [0, 0.1) is 0 Å². The van der Waals surface area contributed by atoms with Crippen LogP contribution in [0.4, 0.5) is 0 Å². The van der Waals surface area contributed by atoms with E-state index in [-0.39, 0.29) is 5.90 Å². The van der Waals surface area contributed by atoms with Crippen LogP contribution in [0.5, 0.6) is 0 Å². The van der Waals surface area contributed by atoms with Crippen molar-refractivity contribution in [2.24, 2.45) is 4.99 Å². The number of methoxy groups -OCH3 is 1. The van der Waals surface area contributed by atoms with Crippen molar-refractivity contribution in [1.82, 2.24) is 0 Å². The fourth-order valence-electron chi connectivity index (χ4n) is 1.92. The van der Waals surface area contributed by atoms with Crippen LogP contribution < -0.4 is 0 Å². The van der Waals surface area contributed by atoms with E-state index in [0.29, 0.717) is 6.42 Å². The standard InChI is InChI=1S/C13H21NO5/c1-7-9-14-13(10(15)17-6,11(16)18-9)8(2)19-12(3,4)5/h8H,7H2,1-6H3. The van der Waals surface area contributed by atoms with Crippen LogP contribution in [0.15, 0.2) is 4.99 Å². The van der Waals surface area contributed by atoms with Crippen molar-refractivity contribution in [3.63, 3.8) is 0 Å². The van der Waals surface area contributed by atoms with Crippen molar-refractivity contribution in [2.75, 3.05) is 7.11 Å². The van der Waals surface area contributed by atoms with E-state index in [1.165, 1.54) is 7.11 Å². The van der Waals surface area contributed by atoms with Crippen molar-refractivity contribution < 1.29 is 23.8 Å². The Kier molecular flexibility index (Phi) is 4.35. The zero-order valence-electron chi connectivity index (χ0n) is 12.3. The summed E-state index contributed by atoms with van der Waals surface area (Å²) >= 11 is 0. The van der Waals surface area contributed by atoms with E-state index in [1.807, 2.05) is 20.8 Å². The number of esters is 2. The number of cyclic esters (lactones) is 1. The van der Waals surface area contributed by atoms with Gasteiger partial charge in [-0.2, -0.15) is 0 Å². The van der Waals surface area contributed by atoms with E-state index >= 15 is 0 Å². The molecular weight excluding hydrogens is 250 g/mol. The Morgan fingerprint density at radius 2 is 2.05 bits per heavy atom. The minimum absolute atomic E-state index is 0.222. The molecule has 0 aromatic heterocycles. The lowest BCUT2D eigenvalue weighted by Crippen LogP contribution is -2.54. The average Bonchev–Trinajstić information content (AvgIpc) is 2.64. The van der Waals surface area contributed by atoms with Gasteiger partial charge in [-0.1, -0.05) is 6.92 Å². The Morgan fingerprint density at radius 3 is 2.42 bits per heavy atom. The largest absolute Gasteiger partial charge is 0.467 e. The van der Waals surface area contributed by atoms with Gasteiger partial charge in [0.2, 0.25) is 0 Å². The smallest absolute Gasteiger partial charge is 0.355 e. The summed E-state index contributed by atoms with van der Waals surface area (Å²) in [6.45, 7) is 8.90. The second kappa shape index (κ2) is 5.28. The van der Waals surface area contributed by atoms with Crippen molar-refractivity contribution in [1.29, 1.82) is 0 Å². The van der Waals surface area contributed by atoms with Crippen LogP contribution in [0.25, 0.3) is 0 Å². The first kappa shape index (κ1) is 15.6. The summed E-state index contributed by atoms with van der Waals surface area (Å²) in [5.41, 5.74) is -2.28. The van der Waals surface area contributed by atoms with Crippen molar-refractivity contribution in [3.05, 3.63) is 0 Å². The highest BCUT2D eigenvalue weighted by Gasteiger charge is 2.59. The van der Waals surface area contributed by atoms with Gasteiger partial charge in [0.25, 0.3) is 5.54 Å². The fraction of sp³-hybridized carbons (Fsp3) is 0.769. The SMILES string of the molecule is CCC1=NC(C(=O)OC)(C(C)OC(C)(C)C)C(=O)O1. The molecule has 1 aliphatic heterocycles. The number of carbonyl (C=O) groups is 2. The number of rotatable bonds is 4. The molecule has 2 unspecified atom stereocenters. The molecule has 2 atom stereocenters. The van der Waals surface area contributed by atoms with E-state index in [9.17, 15) is 9.59 Å². The molecule has 6 heteroatoms. The predicted molar refractivity (Wildman–Crippen MR) is 68.9 cm³/mol. The minimum Gasteiger partial charge on any atom is -0.467 e. The van der Waals surface area contributed by atoms with Gasteiger partial charge in [-0.15, -0.1) is 0 Å². The van der Waals surface area contributed by atoms with Gasteiger partial charge in [0.05, 0.1) is 12.7 Å². The number of nitrogens with zero attached hydrogens (tertiary/aromatic N) is 1. The van der Waals surface area contributed by atoms with Crippen LogP contribution in [-0.4, -0.2) is 42.2 Å². The summed E-state index contributed by atoms with van der Waals surface area (Å²) in [6.07, 6.45) is -0.358. The van der Waals surface area contributed by atoms with E-state index in [0.717, 1.165) is 0 Å². The van der Waals surface area contributed by atoms with Crippen LogP contribution in [0.1, 0.15) is 41.0 Å². The van der Waals surface area contributed by atoms with Crippen LogP contribution in [-0.2, 0) is 23.8 Å². The molecule has 1 heterocycles. The molecule has 0 aromatic rings. The molecule has 0 fully saturated rings. The molecule has 0 N–H and O–H groups in total. The molecular formula is C13H21NO5. The van der Waals surface area contributed by atoms with Gasteiger partial charge in [0.15, 0.2) is 5.90 Å². The van der Waals surface area contributed by atoms with Gasteiger partial charge >= 0.3 is 11.9 Å². The first-order chi connectivity index (χ1) is 8.67. The van der Waals surface area contributed by atoms with Gasteiger partial charge < -0.3 is 14.2 Å². The molecule has 108 valence electrons. The van der Waals surface area contributed by atoms with Crippen LogP contribution >= 0.6 is 0 Å². The molecule has 19 heavy (non-hydrogen) atoms.